The molecule has 0 aliphatic carbocycles. The van der Waals surface area contributed by atoms with E-state index < -0.39 is 0 Å². The fraction of sp³-hybridized carbons (Fsp3) is 0.105. The summed E-state index contributed by atoms with van der Waals surface area (Å²) in [4.78, 5) is 21.3. The average molecular weight is 492 g/mol. The molecule has 142 valence electrons. The second-order valence-corrected chi connectivity index (χ2v) is 9.72. The summed E-state index contributed by atoms with van der Waals surface area (Å²) >= 11 is 7.82. The maximum absolute atomic E-state index is 12.3. The lowest BCUT2D eigenvalue weighted by Crippen LogP contribution is -2.13. The number of halogens is 1. The van der Waals surface area contributed by atoms with Gasteiger partial charge in [0.1, 0.15) is 5.75 Å². The van der Waals surface area contributed by atoms with Crippen molar-refractivity contribution in [1.82, 2.24) is 9.97 Å². The second kappa shape index (κ2) is 8.60. The third-order valence-corrected chi connectivity index (χ3v) is 7.28. The van der Waals surface area contributed by atoms with E-state index in [1.807, 2.05) is 47.8 Å². The van der Waals surface area contributed by atoms with E-state index in [4.69, 9.17) is 4.74 Å². The van der Waals surface area contributed by atoms with Gasteiger partial charge in [0.2, 0.25) is 5.91 Å². The molecular weight excluding hydrogens is 478 g/mol. The van der Waals surface area contributed by atoms with Crippen molar-refractivity contribution in [2.75, 3.05) is 18.2 Å². The van der Waals surface area contributed by atoms with Gasteiger partial charge in [0.25, 0.3) is 0 Å². The third kappa shape index (κ3) is 4.54. The molecule has 0 atom stereocenters. The van der Waals surface area contributed by atoms with E-state index in [1.54, 1.807) is 7.11 Å². The zero-order valence-corrected chi connectivity index (χ0v) is 18.7. The summed E-state index contributed by atoms with van der Waals surface area (Å²) in [6, 6.07) is 13.7. The molecule has 28 heavy (non-hydrogen) atoms. The summed E-state index contributed by atoms with van der Waals surface area (Å²) in [6.07, 6.45) is 0. The molecule has 1 amide bonds. The molecule has 2 heterocycles. The van der Waals surface area contributed by atoms with Crippen LogP contribution in [0.3, 0.4) is 0 Å². The Morgan fingerprint density at radius 1 is 1.21 bits per heavy atom. The fourth-order valence-electron chi connectivity index (χ4n) is 2.44. The monoisotopic (exact) mass is 491 g/mol. The largest absolute Gasteiger partial charge is 0.497 e. The first-order chi connectivity index (χ1) is 13.6. The summed E-state index contributed by atoms with van der Waals surface area (Å²) in [5.41, 5.74) is 2.81. The van der Waals surface area contributed by atoms with Crippen LogP contribution in [-0.4, -0.2) is 28.7 Å². The van der Waals surface area contributed by atoms with Gasteiger partial charge in [0, 0.05) is 15.4 Å². The Morgan fingerprint density at radius 2 is 2.04 bits per heavy atom. The number of carbonyl (C=O) groups is 1. The van der Waals surface area contributed by atoms with E-state index in [9.17, 15) is 4.79 Å². The van der Waals surface area contributed by atoms with Gasteiger partial charge in [-0.25, -0.2) is 9.97 Å². The fourth-order valence-corrected chi connectivity index (χ4v) is 5.25. The van der Waals surface area contributed by atoms with Crippen molar-refractivity contribution in [3.63, 3.8) is 0 Å². The number of nitrogens with one attached hydrogen (secondary N) is 1. The summed E-state index contributed by atoms with van der Waals surface area (Å²) in [6.45, 7) is 0. The molecule has 2 aromatic heterocycles. The number of rotatable bonds is 6. The number of hydrogen-bond donors (Lipinski definition) is 1. The number of anilines is 1. The third-order valence-electron chi connectivity index (χ3n) is 3.79. The number of hydrogen-bond acceptors (Lipinski definition) is 7. The first kappa shape index (κ1) is 19.4. The predicted octanol–water partition coefficient (Wildman–Crippen LogP) is 5.92. The van der Waals surface area contributed by atoms with Crippen molar-refractivity contribution >= 4 is 71.6 Å². The maximum atomic E-state index is 12.3. The minimum atomic E-state index is -0.101. The van der Waals surface area contributed by atoms with Gasteiger partial charge < -0.3 is 10.1 Å². The molecule has 0 aliphatic rings. The Bertz CT molecular complexity index is 1130. The molecule has 2 aromatic carbocycles. The van der Waals surface area contributed by atoms with Crippen LogP contribution >= 0.6 is 50.4 Å². The zero-order valence-electron chi connectivity index (χ0n) is 14.6. The molecule has 0 bridgehead atoms. The molecule has 0 radical (unpaired) electrons. The number of carbonyl (C=O) groups excluding carboxylic acids is 1. The number of aromatic nitrogens is 2. The van der Waals surface area contributed by atoms with Crippen LogP contribution in [0.5, 0.6) is 5.75 Å². The van der Waals surface area contributed by atoms with Crippen molar-refractivity contribution < 1.29 is 9.53 Å². The summed E-state index contributed by atoms with van der Waals surface area (Å²) < 4.78 is 8.09. The Kier molecular flexibility index (Phi) is 5.96. The number of methoxy groups -OCH3 is 1. The van der Waals surface area contributed by atoms with E-state index in [2.05, 4.69) is 31.2 Å². The van der Waals surface area contributed by atoms with E-state index in [-0.39, 0.29) is 11.7 Å². The topological polar surface area (TPSA) is 64.1 Å². The van der Waals surface area contributed by atoms with E-state index in [1.165, 1.54) is 34.4 Å². The van der Waals surface area contributed by atoms with Crippen LogP contribution in [0.4, 0.5) is 5.13 Å². The predicted molar refractivity (Wildman–Crippen MR) is 121 cm³/mol. The van der Waals surface area contributed by atoms with Gasteiger partial charge in [0.05, 0.1) is 28.8 Å². The number of amides is 1. The lowest BCUT2D eigenvalue weighted by molar-refractivity contribution is -0.113. The highest BCUT2D eigenvalue weighted by Gasteiger charge is 2.11. The normalized spacial score (nSPS) is 10.9. The molecule has 0 saturated carbocycles. The highest BCUT2D eigenvalue weighted by molar-refractivity contribution is 9.10. The average Bonchev–Trinajstić information content (AvgIpc) is 3.32. The van der Waals surface area contributed by atoms with Crippen molar-refractivity contribution in [3.8, 4) is 17.0 Å². The minimum absolute atomic E-state index is 0.101. The van der Waals surface area contributed by atoms with Crippen LogP contribution in [0.2, 0.25) is 0 Å². The Labute approximate surface area is 182 Å². The lowest BCUT2D eigenvalue weighted by atomic mass is 10.2. The summed E-state index contributed by atoms with van der Waals surface area (Å²) in [5, 5.41) is 5.45. The number of benzene rings is 2. The highest BCUT2D eigenvalue weighted by atomic mass is 79.9. The Hall–Kier alpha value is -1.94. The quantitative estimate of drug-likeness (QED) is 0.339. The van der Waals surface area contributed by atoms with Crippen LogP contribution in [-0.2, 0) is 4.79 Å². The van der Waals surface area contributed by atoms with Gasteiger partial charge in [0.15, 0.2) is 9.47 Å². The van der Waals surface area contributed by atoms with Crippen LogP contribution < -0.4 is 10.1 Å². The van der Waals surface area contributed by atoms with Crippen molar-refractivity contribution in [2.24, 2.45) is 0 Å². The van der Waals surface area contributed by atoms with Gasteiger partial charge in [-0.05, 0) is 30.3 Å². The highest BCUT2D eigenvalue weighted by Crippen LogP contribution is 2.31. The van der Waals surface area contributed by atoms with E-state index in [0.717, 1.165) is 36.0 Å². The molecule has 0 spiro atoms. The van der Waals surface area contributed by atoms with Crippen molar-refractivity contribution in [3.05, 3.63) is 52.3 Å². The number of thiazole rings is 2. The zero-order chi connectivity index (χ0) is 19.5. The molecule has 5 nitrogen and oxygen atoms in total. The summed E-state index contributed by atoms with van der Waals surface area (Å²) in [5.74, 6) is 0.957. The van der Waals surface area contributed by atoms with E-state index >= 15 is 0 Å². The van der Waals surface area contributed by atoms with Crippen LogP contribution in [0.25, 0.3) is 21.5 Å². The van der Waals surface area contributed by atoms with Gasteiger partial charge in [-0.1, -0.05) is 51.2 Å². The standard InChI is InChI=1S/C19H14BrN3O2S3/c1-25-13-6-7-14-16(8-13)28-18(21-14)23-17(24)10-27-19-22-15(9-26-19)11-2-4-12(20)5-3-11/h2-9H,10H2,1H3,(H,21,23,24). The molecule has 0 saturated heterocycles. The number of ether oxygens (including phenoxy) is 1. The van der Waals surface area contributed by atoms with Crippen LogP contribution in [0.1, 0.15) is 0 Å². The van der Waals surface area contributed by atoms with Gasteiger partial charge in [-0.3, -0.25) is 4.79 Å². The number of thioether (sulfide) groups is 1. The minimum Gasteiger partial charge on any atom is -0.497 e. The molecule has 0 aliphatic heterocycles. The first-order valence-corrected chi connectivity index (χ1v) is 11.7. The molecular formula is C19H14BrN3O2S3. The second-order valence-electron chi connectivity index (χ2n) is 5.70. The van der Waals surface area contributed by atoms with Crippen LogP contribution in [0.15, 0.2) is 56.7 Å². The van der Waals surface area contributed by atoms with E-state index in [0.29, 0.717) is 5.13 Å². The molecule has 4 rings (SSSR count). The maximum Gasteiger partial charge on any atom is 0.236 e. The van der Waals surface area contributed by atoms with Gasteiger partial charge in [-0.2, -0.15) is 0 Å². The first-order valence-electron chi connectivity index (χ1n) is 8.19. The molecule has 0 fully saturated rings. The van der Waals surface area contributed by atoms with Gasteiger partial charge >= 0.3 is 0 Å². The Balaban J connectivity index is 1.36. The van der Waals surface area contributed by atoms with Gasteiger partial charge in [-0.15, -0.1) is 11.3 Å². The number of nitrogens with zero attached hydrogens (tertiary/aromatic N) is 2. The molecule has 4 aromatic rings. The van der Waals surface area contributed by atoms with Crippen molar-refractivity contribution in [1.29, 1.82) is 0 Å². The SMILES string of the molecule is COc1ccc2nc(NC(=O)CSc3nc(-c4ccc(Br)cc4)cs3)sc2c1. The molecule has 0 unspecified atom stereocenters. The molecule has 1 N–H and O–H groups in total. The lowest BCUT2D eigenvalue weighted by Gasteiger charge is -1.99. The van der Waals surface area contributed by atoms with Crippen LogP contribution in [0, 0.1) is 0 Å². The Morgan fingerprint density at radius 3 is 2.82 bits per heavy atom. The number of fused-ring (bicyclic) bond motifs is 1. The smallest absolute Gasteiger partial charge is 0.236 e. The summed E-state index contributed by atoms with van der Waals surface area (Å²) in [7, 11) is 1.63. The molecule has 9 heteroatoms. The van der Waals surface area contributed by atoms with Crippen molar-refractivity contribution in [2.45, 2.75) is 4.34 Å².